The largest absolute Gasteiger partial charge is 0.462 e. The van der Waals surface area contributed by atoms with Crippen molar-refractivity contribution in [3.63, 3.8) is 0 Å². The molecule has 25 heavy (non-hydrogen) atoms. The van der Waals surface area contributed by atoms with Crippen molar-refractivity contribution in [2.45, 2.75) is 19.8 Å². The highest BCUT2D eigenvalue weighted by atomic mass is 16.5. The van der Waals surface area contributed by atoms with Gasteiger partial charge in [-0.05, 0) is 44.0 Å². The number of anilines is 2. The van der Waals surface area contributed by atoms with Gasteiger partial charge in [0.05, 0.1) is 17.9 Å². The second-order valence-electron chi connectivity index (χ2n) is 5.69. The van der Waals surface area contributed by atoms with Gasteiger partial charge in [-0.3, -0.25) is 4.79 Å². The Morgan fingerprint density at radius 3 is 2.56 bits per heavy atom. The zero-order valence-electron chi connectivity index (χ0n) is 14.1. The molecule has 1 amide bonds. The molecule has 3 rings (SSSR count). The Morgan fingerprint density at radius 2 is 1.88 bits per heavy atom. The molecule has 0 aliphatic carbocycles. The monoisotopic (exact) mass is 340 g/mol. The number of aromatic nitrogens is 2. The number of nitrogens with zero attached hydrogens (tertiary/aromatic N) is 3. The summed E-state index contributed by atoms with van der Waals surface area (Å²) in [5.41, 5.74) is 0.886. The molecule has 2 aromatic rings. The molecule has 0 radical (unpaired) electrons. The summed E-state index contributed by atoms with van der Waals surface area (Å²) in [5, 5.41) is 10.8. The molecule has 7 nitrogen and oxygen atoms in total. The molecule has 1 aliphatic heterocycles. The normalized spacial score (nSPS) is 13.6. The van der Waals surface area contributed by atoms with Crippen LogP contribution in [0.15, 0.2) is 36.4 Å². The van der Waals surface area contributed by atoms with Crippen LogP contribution in [0.1, 0.15) is 40.6 Å². The molecule has 130 valence electrons. The molecule has 0 saturated carbocycles. The van der Waals surface area contributed by atoms with Gasteiger partial charge in [-0.1, -0.05) is 12.1 Å². The first-order valence-corrected chi connectivity index (χ1v) is 8.35. The summed E-state index contributed by atoms with van der Waals surface area (Å²) < 4.78 is 5.00. The number of rotatable bonds is 5. The van der Waals surface area contributed by atoms with Crippen molar-refractivity contribution in [1.82, 2.24) is 10.2 Å². The van der Waals surface area contributed by atoms with Gasteiger partial charge in [-0.25, -0.2) is 4.79 Å². The van der Waals surface area contributed by atoms with Gasteiger partial charge < -0.3 is 15.0 Å². The second-order valence-corrected chi connectivity index (χ2v) is 5.69. The second kappa shape index (κ2) is 7.74. The predicted molar refractivity (Wildman–Crippen MR) is 93.8 cm³/mol. The number of hydrogen-bond donors (Lipinski definition) is 1. The fourth-order valence-electron chi connectivity index (χ4n) is 2.73. The third-order valence-electron chi connectivity index (χ3n) is 3.98. The van der Waals surface area contributed by atoms with Crippen molar-refractivity contribution in [3.8, 4) is 0 Å². The van der Waals surface area contributed by atoms with Gasteiger partial charge in [0.2, 0.25) is 0 Å². The van der Waals surface area contributed by atoms with Crippen molar-refractivity contribution in [2.75, 3.05) is 29.9 Å². The van der Waals surface area contributed by atoms with Gasteiger partial charge in [0.15, 0.2) is 11.5 Å². The number of carbonyl (C=O) groups excluding carboxylic acids is 2. The Balaban J connectivity index is 1.73. The standard InChI is InChI=1S/C18H20N4O3/c1-2-25-18(24)13-7-3-4-8-14(13)19-17(23)15-9-10-16(21-20-15)22-11-5-6-12-22/h3-4,7-10H,2,5-6,11-12H2,1H3,(H,19,23). The van der Waals surface area contributed by atoms with Crippen molar-refractivity contribution in [2.24, 2.45) is 0 Å². The maximum Gasteiger partial charge on any atom is 0.340 e. The molecule has 1 saturated heterocycles. The Labute approximate surface area is 146 Å². The molecule has 0 bridgehead atoms. The van der Waals surface area contributed by atoms with E-state index in [1.54, 1.807) is 43.3 Å². The number of esters is 1. The zero-order chi connectivity index (χ0) is 17.6. The summed E-state index contributed by atoms with van der Waals surface area (Å²) in [6, 6.07) is 10.1. The minimum Gasteiger partial charge on any atom is -0.462 e. The fourth-order valence-corrected chi connectivity index (χ4v) is 2.73. The average Bonchev–Trinajstić information content (AvgIpc) is 3.17. The first-order valence-electron chi connectivity index (χ1n) is 8.35. The fraction of sp³-hybridized carbons (Fsp3) is 0.333. The molecule has 1 aliphatic rings. The van der Waals surface area contributed by atoms with Crippen molar-refractivity contribution in [1.29, 1.82) is 0 Å². The molecule has 7 heteroatoms. The molecule has 1 aromatic heterocycles. The molecule has 0 unspecified atom stereocenters. The predicted octanol–water partition coefficient (Wildman–Crippen LogP) is 2.51. The van der Waals surface area contributed by atoms with Crippen LogP contribution in [0, 0.1) is 0 Å². The van der Waals surface area contributed by atoms with Crippen LogP contribution in [-0.4, -0.2) is 41.8 Å². The van der Waals surface area contributed by atoms with E-state index in [0.717, 1.165) is 31.7 Å². The Bertz CT molecular complexity index is 755. The first kappa shape index (κ1) is 16.9. The number of carbonyl (C=O) groups is 2. The van der Waals surface area contributed by atoms with Crippen LogP contribution in [0.25, 0.3) is 0 Å². The van der Waals surface area contributed by atoms with Crippen molar-refractivity contribution < 1.29 is 14.3 Å². The van der Waals surface area contributed by atoms with Gasteiger partial charge in [0, 0.05) is 13.1 Å². The summed E-state index contributed by atoms with van der Waals surface area (Å²) in [6.45, 7) is 3.93. The van der Waals surface area contributed by atoms with Gasteiger partial charge in [-0.15, -0.1) is 10.2 Å². The van der Waals surface area contributed by atoms with E-state index in [1.807, 2.05) is 0 Å². The number of hydrogen-bond acceptors (Lipinski definition) is 6. The van der Waals surface area contributed by atoms with E-state index in [9.17, 15) is 9.59 Å². The van der Waals surface area contributed by atoms with Crippen LogP contribution in [0.2, 0.25) is 0 Å². The van der Waals surface area contributed by atoms with Gasteiger partial charge >= 0.3 is 5.97 Å². The van der Waals surface area contributed by atoms with Crippen LogP contribution in [0.3, 0.4) is 0 Å². The summed E-state index contributed by atoms with van der Waals surface area (Å²) in [5.74, 6) is -0.118. The highest BCUT2D eigenvalue weighted by Gasteiger charge is 2.17. The van der Waals surface area contributed by atoms with E-state index >= 15 is 0 Å². The molecule has 1 aromatic carbocycles. The lowest BCUT2D eigenvalue weighted by Crippen LogP contribution is -2.21. The van der Waals surface area contributed by atoms with E-state index in [1.165, 1.54) is 0 Å². The first-order chi connectivity index (χ1) is 12.2. The number of amides is 1. The number of nitrogens with one attached hydrogen (secondary N) is 1. The molecular weight excluding hydrogens is 320 g/mol. The van der Waals surface area contributed by atoms with Gasteiger partial charge in [-0.2, -0.15) is 0 Å². The molecule has 2 heterocycles. The maximum atomic E-state index is 12.4. The Morgan fingerprint density at radius 1 is 1.12 bits per heavy atom. The van der Waals surface area contributed by atoms with Crippen LogP contribution in [-0.2, 0) is 4.74 Å². The highest BCUT2D eigenvalue weighted by Crippen LogP contribution is 2.19. The SMILES string of the molecule is CCOC(=O)c1ccccc1NC(=O)c1ccc(N2CCCC2)nn1. The van der Waals surface area contributed by atoms with E-state index in [2.05, 4.69) is 20.4 Å². The lowest BCUT2D eigenvalue weighted by atomic mass is 10.1. The van der Waals surface area contributed by atoms with Gasteiger partial charge in [0.25, 0.3) is 5.91 Å². The van der Waals surface area contributed by atoms with Gasteiger partial charge in [0.1, 0.15) is 0 Å². The summed E-state index contributed by atoms with van der Waals surface area (Å²) in [6.07, 6.45) is 2.29. The van der Waals surface area contributed by atoms with Crippen molar-refractivity contribution >= 4 is 23.4 Å². The number of ether oxygens (including phenoxy) is 1. The summed E-state index contributed by atoms with van der Waals surface area (Å²) in [7, 11) is 0. The molecule has 0 spiro atoms. The smallest absolute Gasteiger partial charge is 0.340 e. The van der Waals surface area contributed by atoms with Crippen LogP contribution < -0.4 is 10.2 Å². The summed E-state index contributed by atoms with van der Waals surface area (Å²) in [4.78, 5) is 26.5. The lowest BCUT2D eigenvalue weighted by molar-refractivity contribution is 0.0527. The average molecular weight is 340 g/mol. The van der Waals surface area contributed by atoms with E-state index in [4.69, 9.17) is 4.74 Å². The Kier molecular flexibility index (Phi) is 5.23. The maximum absolute atomic E-state index is 12.4. The van der Waals surface area contributed by atoms with Crippen molar-refractivity contribution in [3.05, 3.63) is 47.7 Å². The van der Waals surface area contributed by atoms with Crippen LogP contribution in [0.4, 0.5) is 11.5 Å². The van der Waals surface area contributed by atoms with Crippen LogP contribution in [0.5, 0.6) is 0 Å². The van der Waals surface area contributed by atoms with E-state index in [0.29, 0.717) is 11.3 Å². The Hall–Kier alpha value is -2.96. The zero-order valence-corrected chi connectivity index (χ0v) is 14.1. The van der Waals surface area contributed by atoms with E-state index in [-0.39, 0.29) is 12.3 Å². The molecule has 0 atom stereocenters. The topological polar surface area (TPSA) is 84.4 Å². The molecular formula is C18H20N4O3. The molecule has 1 fully saturated rings. The highest BCUT2D eigenvalue weighted by molar-refractivity contribution is 6.07. The number of benzene rings is 1. The third-order valence-corrected chi connectivity index (χ3v) is 3.98. The molecule has 1 N–H and O–H groups in total. The quantitative estimate of drug-likeness (QED) is 0.842. The summed E-state index contributed by atoms with van der Waals surface area (Å²) >= 11 is 0. The minimum absolute atomic E-state index is 0.196. The lowest BCUT2D eigenvalue weighted by Gasteiger charge is -2.15. The minimum atomic E-state index is -0.478. The number of para-hydroxylation sites is 1. The van der Waals surface area contributed by atoms with E-state index < -0.39 is 11.9 Å². The third kappa shape index (κ3) is 3.93. The van der Waals surface area contributed by atoms with Crippen LogP contribution >= 0.6 is 0 Å².